The Balaban J connectivity index is 1.53. The third kappa shape index (κ3) is 3.62. The van der Waals surface area contributed by atoms with E-state index in [1.807, 2.05) is 29.5 Å². The van der Waals surface area contributed by atoms with Crippen molar-refractivity contribution in [3.05, 3.63) is 46.4 Å². The number of nitrogens with two attached hydrogens (primary N) is 1. The summed E-state index contributed by atoms with van der Waals surface area (Å²) in [4.78, 5) is 11.7. The van der Waals surface area contributed by atoms with Crippen LogP contribution in [0.5, 0.6) is 0 Å². The number of rotatable bonds is 6. The van der Waals surface area contributed by atoms with Crippen molar-refractivity contribution in [1.82, 2.24) is 14.9 Å². The minimum absolute atomic E-state index is 0.769. The van der Waals surface area contributed by atoms with Crippen LogP contribution in [0, 0.1) is 0 Å². The number of aromatic amines is 1. The topological polar surface area (TPSA) is 57.9 Å². The zero-order valence-corrected chi connectivity index (χ0v) is 13.0. The van der Waals surface area contributed by atoms with Gasteiger partial charge >= 0.3 is 0 Å². The van der Waals surface area contributed by atoms with E-state index in [1.54, 1.807) is 0 Å². The van der Waals surface area contributed by atoms with Gasteiger partial charge in [-0.2, -0.15) is 0 Å². The Morgan fingerprint density at radius 2 is 2.10 bits per heavy atom. The van der Waals surface area contributed by atoms with Crippen LogP contribution in [-0.2, 0) is 12.8 Å². The Bertz CT molecular complexity index is 702. The monoisotopic (exact) mass is 300 g/mol. The molecule has 2 heterocycles. The van der Waals surface area contributed by atoms with E-state index in [2.05, 4.69) is 39.4 Å². The van der Waals surface area contributed by atoms with Gasteiger partial charge in [0.25, 0.3) is 0 Å². The standard InChI is InChI=1S/C16H20N4S/c1-20(8-6-13-3-2-10-21-13)9-7-16-18-14-5-4-12(17)11-15(14)19-16/h2-5,10-11H,6-9,17H2,1H3,(H,18,19). The average molecular weight is 300 g/mol. The predicted molar refractivity (Wildman–Crippen MR) is 89.7 cm³/mol. The van der Waals surface area contributed by atoms with Crippen molar-refractivity contribution in [1.29, 1.82) is 0 Å². The van der Waals surface area contributed by atoms with Gasteiger partial charge in [0.05, 0.1) is 11.0 Å². The second-order valence-electron chi connectivity index (χ2n) is 5.34. The maximum Gasteiger partial charge on any atom is 0.108 e. The largest absolute Gasteiger partial charge is 0.399 e. The maximum absolute atomic E-state index is 5.79. The molecule has 0 spiro atoms. The first-order chi connectivity index (χ1) is 10.2. The molecule has 2 aromatic heterocycles. The molecule has 0 aliphatic carbocycles. The lowest BCUT2D eigenvalue weighted by atomic mass is 10.3. The van der Waals surface area contributed by atoms with Crippen molar-refractivity contribution >= 4 is 28.1 Å². The average Bonchev–Trinajstić information content (AvgIpc) is 3.11. The fraction of sp³-hybridized carbons (Fsp3) is 0.312. The summed E-state index contributed by atoms with van der Waals surface area (Å²) in [5, 5.41) is 2.13. The van der Waals surface area contributed by atoms with Gasteiger partial charge in [0, 0.05) is 30.1 Å². The molecule has 3 rings (SSSR count). The van der Waals surface area contributed by atoms with Crippen LogP contribution in [0.25, 0.3) is 11.0 Å². The van der Waals surface area contributed by atoms with Gasteiger partial charge < -0.3 is 15.6 Å². The first-order valence-electron chi connectivity index (χ1n) is 7.16. The van der Waals surface area contributed by atoms with Crippen LogP contribution in [0.2, 0.25) is 0 Å². The molecule has 3 aromatic rings. The van der Waals surface area contributed by atoms with E-state index in [-0.39, 0.29) is 0 Å². The van der Waals surface area contributed by atoms with Gasteiger partial charge in [-0.15, -0.1) is 11.3 Å². The van der Waals surface area contributed by atoms with E-state index >= 15 is 0 Å². The smallest absolute Gasteiger partial charge is 0.108 e. The van der Waals surface area contributed by atoms with Crippen molar-refractivity contribution < 1.29 is 0 Å². The summed E-state index contributed by atoms with van der Waals surface area (Å²) in [5.41, 5.74) is 8.56. The number of H-pyrrole nitrogens is 1. The van der Waals surface area contributed by atoms with Gasteiger partial charge in [-0.1, -0.05) is 6.07 Å². The van der Waals surface area contributed by atoms with E-state index in [0.717, 1.165) is 48.5 Å². The molecular formula is C16H20N4S. The number of imidazole rings is 1. The molecule has 0 saturated heterocycles. The van der Waals surface area contributed by atoms with Crippen LogP contribution in [-0.4, -0.2) is 35.0 Å². The van der Waals surface area contributed by atoms with Crippen LogP contribution in [0.15, 0.2) is 35.7 Å². The molecule has 0 aliphatic rings. The summed E-state index contributed by atoms with van der Waals surface area (Å²) < 4.78 is 0. The third-order valence-corrected chi connectivity index (χ3v) is 4.54. The number of fused-ring (bicyclic) bond motifs is 1. The predicted octanol–water partition coefficient (Wildman–Crippen LogP) is 2.92. The van der Waals surface area contributed by atoms with Gasteiger partial charge in [0.2, 0.25) is 0 Å². The number of nitrogens with zero attached hydrogens (tertiary/aromatic N) is 2. The van der Waals surface area contributed by atoms with Gasteiger partial charge in [0.15, 0.2) is 0 Å². The molecule has 110 valence electrons. The zero-order valence-electron chi connectivity index (χ0n) is 12.2. The Hall–Kier alpha value is -1.85. The highest BCUT2D eigenvalue weighted by Crippen LogP contribution is 2.15. The number of nitrogen functional groups attached to an aromatic ring is 1. The lowest BCUT2D eigenvalue weighted by Crippen LogP contribution is -2.23. The molecule has 1 aromatic carbocycles. The Morgan fingerprint density at radius 3 is 2.90 bits per heavy atom. The summed E-state index contributed by atoms with van der Waals surface area (Å²) >= 11 is 1.83. The van der Waals surface area contributed by atoms with Crippen molar-refractivity contribution in [2.24, 2.45) is 0 Å². The molecule has 0 amide bonds. The van der Waals surface area contributed by atoms with E-state index in [0.29, 0.717) is 0 Å². The molecule has 0 atom stereocenters. The molecule has 0 radical (unpaired) electrons. The molecule has 0 aliphatic heterocycles. The number of anilines is 1. The van der Waals surface area contributed by atoms with Crippen molar-refractivity contribution in [3.63, 3.8) is 0 Å². The Kier molecular flexibility index (Phi) is 4.22. The second-order valence-corrected chi connectivity index (χ2v) is 6.37. The molecule has 21 heavy (non-hydrogen) atoms. The van der Waals surface area contributed by atoms with Crippen LogP contribution in [0.3, 0.4) is 0 Å². The molecule has 0 fully saturated rings. The normalized spacial score (nSPS) is 11.5. The highest BCUT2D eigenvalue weighted by molar-refractivity contribution is 7.09. The molecule has 4 nitrogen and oxygen atoms in total. The van der Waals surface area contributed by atoms with Gasteiger partial charge in [0.1, 0.15) is 5.82 Å². The van der Waals surface area contributed by atoms with Crippen LogP contribution >= 0.6 is 11.3 Å². The van der Waals surface area contributed by atoms with Gasteiger partial charge in [-0.3, -0.25) is 0 Å². The lowest BCUT2D eigenvalue weighted by Gasteiger charge is -2.14. The second kappa shape index (κ2) is 6.28. The summed E-state index contributed by atoms with van der Waals surface area (Å²) in [6, 6.07) is 10.1. The Morgan fingerprint density at radius 1 is 1.24 bits per heavy atom. The zero-order chi connectivity index (χ0) is 14.7. The van der Waals surface area contributed by atoms with E-state index in [4.69, 9.17) is 5.73 Å². The number of thiophene rings is 1. The highest BCUT2D eigenvalue weighted by Gasteiger charge is 2.05. The first kappa shape index (κ1) is 14.1. The lowest BCUT2D eigenvalue weighted by molar-refractivity contribution is 0.341. The molecule has 0 unspecified atom stereocenters. The molecular weight excluding hydrogens is 280 g/mol. The highest BCUT2D eigenvalue weighted by atomic mass is 32.1. The summed E-state index contributed by atoms with van der Waals surface area (Å²) in [6.45, 7) is 2.08. The number of nitrogens with one attached hydrogen (secondary N) is 1. The summed E-state index contributed by atoms with van der Waals surface area (Å²) in [6.07, 6.45) is 2.04. The molecule has 0 bridgehead atoms. The summed E-state index contributed by atoms with van der Waals surface area (Å²) in [7, 11) is 2.16. The number of hydrogen-bond donors (Lipinski definition) is 2. The number of benzene rings is 1. The summed E-state index contributed by atoms with van der Waals surface area (Å²) in [5.74, 6) is 1.03. The molecule has 3 N–H and O–H groups in total. The quantitative estimate of drug-likeness (QED) is 0.688. The first-order valence-corrected chi connectivity index (χ1v) is 8.04. The fourth-order valence-corrected chi connectivity index (χ4v) is 3.06. The minimum Gasteiger partial charge on any atom is -0.399 e. The maximum atomic E-state index is 5.79. The van der Waals surface area contributed by atoms with Gasteiger partial charge in [-0.05, 0) is 43.1 Å². The van der Waals surface area contributed by atoms with Crippen molar-refractivity contribution in [2.75, 3.05) is 25.9 Å². The number of aromatic nitrogens is 2. The van der Waals surface area contributed by atoms with Crippen LogP contribution in [0.4, 0.5) is 5.69 Å². The number of likely N-dealkylation sites (N-methyl/N-ethyl adjacent to an activating group) is 1. The SMILES string of the molecule is CN(CCc1nc2ccc(N)cc2[nH]1)CCc1cccs1. The molecule has 5 heteroatoms. The third-order valence-electron chi connectivity index (χ3n) is 3.61. The van der Waals surface area contributed by atoms with Crippen molar-refractivity contribution in [2.45, 2.75) is 12.8 Å². The van der Waals surface area contributed by atoms with Crippen molar-refractivity contribution in [3.8, 4) is 0 Å². The van der Waals surface area contributed by atoms with Crippen LogP contribution < -0.4 is 5.73 Å². The molecule has 0 saturated carbocycles. The minimum atomic E-state index is 0.769. The Labute approximate surface area is 128 Å². The number of hydrogen-bond acceptors (Lipinski definition) is 4. The van der Waals surface area contributed by atoms with Gasteiger partial charge in [-0.25, -0.2) is 4.98 Å². The van der Waals surface area contributed by atoms with Crippen LogP contribution in [0.1, 0.15) is 10.7 Å². The fourth-order valence-electron chi connectivity index (χ4n) is 2.36. The van der Waals surface area contributed by atoms with E-state index in [9.17, 15) is 0 Å². The van der Waals surface area contributed by atoms with E-state index < -0.39 is 0 Å². The van der Waals surface area contributed by atoms with E-state index in [1.165, 1.54) is 4.88 Å².